The van der Waals surface area contributed by atoms with Gasteiger partial charge in [-0.15, -0.1) is 0 Å². The van der Waals surface area contributed by atoms with Crippen LogP contribution >= 0.6 is 0 Å². The molecule has 0 radical (unpaired) electrons. The fourth-order valence-electron chi connectivity index (χ4n) is 6.79. The van der Waals surface area contributed by atoms with Crippen molar-refractivity contribution in [2.45, 2.75) is 62.9 Å². The second-order valence-electron chi connectivity index (χ2n) is 12.0. The topological polar surface area (TPSA) is 89.6 Å². The molecule has 5 fully saturated rings. The number of ether oxygens (including phenoxy) is 4. The number of benzene rings is 2. The van der Waals surface area contributed by atoms with Crippen molar-refractivity contribution in [3.05, 3.63) is 65.7 Å². The summed E-state index contributed by atoms with van der Waals surface area (Å²) in [6.07, 6.45) is 5.75. The molecule has 2 aromatic rings. The summed E-state index contributed by atoms with van der Waals surface area (Å²) in [6.45, 7) is 6.10. The second-order valence-corrected chi connectivity index (χ2v) is 12.0. The van der Waals surface area contributed by atoms with Gasteiger partial charge in [-0.05, 0) is 93.8 Å². The van der Waals surface area contributed by atoms with Crippen molar-refractivity contribution in [2.24, 2.45) is 5.92 Å². The van der Waals surface area contributed by atoms with E-state index in [1.165, 1.54) is 0 Å². The van der Waals surface area contributed by atoms with Crippen molar-refractivity contribution < 1.29 is 28.5 Å². The molecule has 2 amide bonds. The predicted octanol–water partition coefficient (Wildman–Crippen LogP) is 4.56. The maximum absolute atomic E-state index is 13.4. The molecule has 226 valence electrons. The molecule has 7 rings (SSSR count). The Morgan fingerprint density at radius 1 is 0.905 bits per heavy atom. The molecule has 0 aromatic heterocycles. The second kappa shape index (κ2) is 13.4. The van der Waals surface area contributed by atoms with Crippen molar-refractivity contribution in [3.63, 3.8) is 0 Å². The summed E-state index contributed by atoms with van der Waals surface area (Å²) in [5.74, 6) is 1.21. The van der Waals surface area contributed by atoms with Crippen LogP contribution in [0.1, 0.15) is 60.9 Å². The highest BCUT2D eigenvalue weighted by molar-refractivity contribution is 5.94. The highest BCUT2D eigenvalue weighted by Gasteiger charge is 2.41. The van der Waals surface area contributed by atoms with Crippen LogP contribution in [0.15, 0.2) is 54.6 Å². The molecule has 5 aliphatic heterocycles. The number of rotatable bonds is 10. The monoisotopic (exact) mass is 577 g/mol. The molecule has 2 aromatic carbocycles. The van der Waals surface area contributed by atoms with Gasteiger partial charge < -0.3 is 29.2 Å². The van der Waals surface area contributed by atoms with Gasteiger partial charge in [0, 0.05) is 25.2 Å². The van der Waals surface area contributed by atoms with E-state index in [0.717, 1.165) is 63.1 Å². The van der Waals surface area contributed by atoms with Crippen LogP contribution in [0.25, 0.3) is 0 Å². The van der Waals surface area contributed by atoms with Gasteiger partial charge in [0.1, 0.15) is 11.9 Å². The Morgan fingerprint density at radius 2 is 1.62 bits per heavy atom. The average Bonchev–Trinajstić information content (AvgIpc) is 3.56. The Morgan fingerprint density at radius 3 is 2.29 bits per heavy atom. The highest BCUT2D eigenvalue weighted by atomic mass is 16.7. The number of carbonyl (C=O) groups is 2. The molecule has 0 spiro atoms. The standard InChI is InChI=1S/C33H43N3O6/c37-31(26-9-11-28(12-10-26)39-21-5-4-8-30-40-22-23-41-30)36-19-15-33(16-20-36,27-6-2-1-3-7-27)34-32(38)42-29-24-35-17-13-25(29)14-18-35/h1-3,6-7,9-12,25,29-30H,4-5,8,13-24H2,(H,34,38)/t29-/m0/s1. The predicted molar refractivity (Wildman–Crippen MR) is 157 cm³/mol. The molecule has 9 nitrogen and oxygen atoms in total. The first-order valence-electron chi connectivity index (χ1n) is 15.6. The summed E-state index contributed by atoms with van der Waals surface area (Å²) in [5.41, 5.74) is 1.11. The third kappa shape index (κ3) is 6.90. The van der Waals surface area contributed by atoms with Gasteiger partial charge in [-0.2, -0.15) is 0 Å². The number of carbonyl (C=O) groups excluding carboxylic acids is 2. The van der Waals surface area contributed by atoms with Gasteiger partial charge >= 0.3 is 6.09 Å². The van der Waals surface area contributed by atoms with Crippen LogP contribution in [0.4, 0.5) is 4.79 Å². The first-order chi connectivity index (χ1) is 20.6. The maximum Gasteiger partial charge on any atom is 0.408 e. The Bertz CT molecular complexity index is 1170. The highest BCUT2D eigenvalue weighted by Crippen LogP contribution is 2.35. The molecule has 0 unspecified atom stereocenters. The quantitative estimate of drug-likeness (QED) is 0.414. The van der Waals surface area contributed by atoms with E-state index in [1.807, 2.05) is 47.4 Å². The third-order valence-corrected chi connectivity index (χ3v) is 9.32. The van der Waals surface area contributed by atoms with Crippen LogP contribution in [0, 0.1) is 5.92 Å². The van der Waals surface area contributed by atoms with E-state index in [4.69, 9.17) is 18.9 Å². The third-order valence-electron chi connectivity index (χ3n) is 9.32. The zero-order valence-electron chi connectivity index (χ0n) is 24.4. The van der Waals surface area contributed by atoms with Crippen molar-refractivity contribution >= 4 is 12.0 Å². The minimum absolute atomic E-state index is 0.00497. The smallest absolute Gasteiger partial charge is 0.408 e. The first-order valence-corrected chi connectivity index (χ1v) is 15.6. The van der Waals surface area contributed by atoms with Gasteiger partial charge in [-0.25, -0.2) is 4.79 Å². The Kier molecular flexibility index (Phi) is 9.27. The van der Waals surface area contributed by atoms with Gasteiger partial charge in [0.05, 0.1) is 25.4 Å². The van der Waals surface area contributed by atoms with E-state index < -0.39 is 5.54 Å². The van der Waals surface area contributed by atoms with Gasteiger partial charge in [0.25, 0.3) is 5.91 Å². The number of nitrogens with one attached hydrogen (secondary N) is 1. The van der Waals surface area contributed by atoms with Gasteiger partial charge in [0.2, 0.25) is 0 Å². The van der Waals surface area contributed by atoms with Crippen LogP contribution in [0.5, 0.6) is 5.75 Å². The lowest BCUT2D eigenvalue weighted by Gasteiger charge is -2.45. The summed E-state index contributed by atoms with van der Waals surface area (Å²) in [4.78, 5) is 30.9. The number of piperidine rings is 4. The summed E-state index contributed by atoms with van der Waals surface area (Å²) < 4.78 is 22.8. The van der Waals surface area contributed by atoms with E-state index in [0.29, 0.717) is 57.2 Å². The lowest BCUT2D eigenvalue weighted by atomic mass is 9.80. The van der Waals surface area contributed by atoms with E-state index in [2.05, 4.69) is 22.3 Å². The van der Waals surface area contributed by atoms with E-state index in [9.17, 15) is 9.59 Å². The number of amides is 2. The fraction of sp³-hybridized carbons (Fsp3) is 0.576. The van der Waals surface area contributed by atoms with Crippen LogP contribution in [-0.4, -0.2) is 86.7 Å². The minimum atomic E-state index is -0.573. The van der Waals surface area contributed by atoms with Crippen LogP contribution in [0.3, 0.4) is 0 Å². The number of unbranched alkanes of at least 4 members (excludes halogenated alkanes) is 1. The lowest BCUT2D eigenvalue weighted by Crippen LogP contribution is -2.56. The SMILES string of the molecule is O=C(NC1(c2ccccc2)CCN(C(=O)c2ccc(OCCCCC3OCCO3)cc2)CC1)O[C@H]1CN2CCC1CC2. The lowest BCUT2D eigenvalue weighted by molar-refractivity contribution is -0.0483. The number of alkyl carbamates (subject to hydrolysis) is 1. The summed E-state index contributed by atoms with van der Waals surface area (Å²) in [5, 5.41) is 3.26. The number of fused-ring (bicyclic) bond motifs is 3. The van der Waals surface area contributed by atoms with Gasteiger partial charge in [-0.1, -0.05) is 30.3 Å². The zero-order chi connectivity index (χ0) is 28.8. The molecular formula is C33H43N3O6. The van der Waals surface area contributed by atoms with Crippen molar-refractivity contribution in [1.82, 2.24) is 15.1 Å². The summed E-state index contributed by atoms with van der Waals surface area (Å²) in [6, 6.07) is 17.5. The normalized spacial score (nSPS) is 25.2. The Labute approximate surface area is 248 Å². The molecule has 0 saturated carbocycles. The van der Waals surface area contributed by atoms with E-state index in [1.54, 1.807) is 0 Å². The molecule has 42 heavy (non-hydrogen) atoms. The zero-order valence-corrected chi connectivity index (χ0v) is 24.4. The Hall–Kier alpha value is -3.14. The van der Waals surface area contributed by atoms with Crippen molar-refractivity contribution in [2.75, 3.05) is 52.5 Å². The van der Waals surface area contributed by atoms with Gasteiger partial charge in [-0.3, -0.25) is 9.69 Å². The molecular weight excluding hydrogens is 534 g/mol. The average molecular weight is 578 g/mol. The molecule has 5 aliphatic rings. The maximum atomic E-state index is 13.4. The van der Waals surface area contributed by atoms with Crippen LogP contribution < -0.4 is 10.1 Å². The summed E-state index contributed by atoms with van der Waals surface area (Å²) >= 11 is 0. The van der Waals surface area contributed by atoms with Gasteiger partial charge in [0.15, 0.2) is 6.29 Å². The molecule has 5 heterocycles. The first kappa shape index (κ1) is 29.0. The molecule has 1 atom stereocenters. The number of likely N-dealkylation sites (tertiary alicyclic amines) is 1. The fourth-order valence-corrected chi connectivity index (χ4v) is 6.79. The van der Waals surface area contributed by atoms with Crippen LogP contribution in [0.2, 0.25) is 0 Å². The van der Waals surface area contributed by atoms with E-state index >= 15 is 0 Å². The number of nitrogens with zero attached hydrogens (tertiary/aromatic N) is 2. The van der Waals surface area contributed by atoms with E-state index in [-0.39, 0.29) is 24.4 Å². The number of hydrogen-bond acceptors (Lipinski definition) is 7. The Balaban J connectivity index is 1.01. The molecule has 0 aliphatic carbocycles. The molecule has 5 saturated heterocycles. The van der Waals surface area contributed by atoms with Crippen LogP contribution in [-0.2, 0) is 19.7 Å². The molecule has 1 N–H and O–H groups in total. The molecule has 9 heteroatoms. The largest absolute Gasteiger partial charge is 0.494 e. The van der Waals surface area contributed by atoms with Crippen molar-refractivity contribution in [3.8, 4) is 5.75 Å². The summed E-state index contributed by atoms with van der Waals surface area (Å²) in [7, 11) is 0. The molecule has 2 bridgehead atoms. The minimum Gasteiger partial charge on any atom is -0.494 e. The van der Waals surface area contributed by atoms with Crippen molar-refractivity contribution in [1.29, 1.82) is 0 Å². The number of hydrogen-bond donors (Lipinski definition) is 1.